The van der Waals surface area contributed by atoms with Crippen LogP contribution in [0.3, 0.4) is 0 Å². The van der Waals surface area contributed by atoms with Crippen molar-refractivity contribution >= 4 is 103 Å². The van der Waals surface area contributed by atoms with Gasteiger partial charge in [-0.3, -0.25) is 0 Å². The van der Waals surface area contributed by atoms with Crippen LogP contribution in [0.15, 0.2) is 231 Å². The second kappa shape index (κ2) is 13.4. The van der Waals surface area contributed by atoms with E-state index >= 15 is 0 Å². The Morgan fingerprint density at radius 2 is 0.525 bits per heavy atom. The lowest BCUT2D eigenvalue weighted by molar-refractivity contribution is 1.22. The maximum absolute atomic E-state index is 2.97. The molecule has 0 aromatic heterocycles. The van der Waals surface area contributed by atoms with Crippen LogP contribution >= 0.6 is 0 Å². The maximum Gasteiger partial charge on any atom is 0.257 e. The second-order valence-corrected chi connectivity index (χ2v) is 19.5. The van der Waals surface area contributed by atoms with Crippen LogP contribution in [0.25, 0.3) is 0 Å². The molecule has 9 aromatic carbocycles. The fourth-order valence-electron chi connectivity index (χ4n) is 10.4. The molecule has 0 spiro atoms. The standard InChI is InChI=1S/C54H38BN3Si/c1-7-21-39(22-8-1)56-46-33-19-35-48-52(46)55-53-47(56)34-20-36-49(53)58(41-25-11-3-12-26-41)51-38-45(37-50(54(51)55)57(48)40-23-9-2-10-24-40)59(42-27-13-4-14-28-42,43-29-15-5-16-30-43)44-31-17-6-18-32-44/h1-38H. The van der Waals surface area contributed by atoms with Crippen molar-refractivity contribution in [1.82, 2.24) is 0 Å². The highest BCUT2D eigenvalue weighted by atomic mass is 28.3. The van der Waals surface area contributed by atoms with Crippen LogP contribution < -0.4 is 51.8 Å². The van der Waals surface area contributed by atoms with Crippen LogP contribution in [0.4, 0.5) is 51.2 Å². The van der Waals surface area contributed by atoms with Gasteiger partial charge in [0.2, 0.25) is 0 Å². The summed E-state index contributed by atoms with van der Waals surface area (Å²) in [7, 11) is -2.97. The van der Waals surface area contributed by atoms with Gasteiger partial charge in [0.15, 0.2) is 8.07 Å². The fraction of sp³-hybridized carbons (Fsp3) is 0. The lowest BCUT2D eigenvalue weighted by Crippen LogP contribution is -2.75. The lowest BCUT2D eigenvalue weighted by Gasteiger charge is -2.50. The Morgan fingerprint density at radius 1 is 0.254 bits per heavy atom. The van der Waals surface area contributed by atoms with Gasteiger partial charge in [0.1, 0.15) is 0 Å². The molecule has 5 heteroatoms. The molecule has 3 heterocycles. The molecule has 0 radical (unpaired) electrons. The van der Waals surface area contributed by atoms with E-state index in [9.17, 15) is 0 Å². The highest BCUT2D eigenvalue weighted by Gasteiger charge is 2.51. The van der Waals surface area contributed by atoms with Crippen LogP contribution in [0.1, 0.15) is 0 Å². The minimum absolute atomic E-state index is 0.0209. The van der Waals surface area contributed by atoms with Crippen molar-refractivity contribution in [2.75, 3.05) is 14.7 Å². The summed E-state index contributed by atoms with van der Waals surface area (Å²) in [4.78, 5) is 7.61. The number of para-hydroxylation sites is 3. The van der Waals surface area contributed by atoms with Crippen molar-refractivity contribution in [2.45, 2.75) is 0 Å². The van der Waals surface area contributed by atoms with Crippen molar-refractivity contribution in [3.63, 3.8) is 0 Å². The van der Waals surface area contributed by atoms with E-state index in [1.165, 1.54) is 71.3 Å². The van der Waals surface area contributed by atoms with E-state index in [0.29, 0.717) is 0 Å². The summed E-state index contributed by atoms with van der Waals surface area (Å²) in [5, 5.41) is 5.42. The van der Waals surface area contributed by atoms with Crippen molar-refractivity contribution < 1.29 is 0 Å². The zero-order valence-electron chi connectivity index (χ0n) is 32.4. The van der Waals surface area contributed by atoms with Gasteiger partial charge < -0.3 is 14.7 Å². The number of rotatable bonds is 7. The minimum atomic E-state index is -2.97. The highest BCUT2D eigenvalue weighted by Crippen LogP contribution is 2.49. The first kappa shape index (κ1) is 33.8. The molecule has 0 fully saturated rings. The van der Waals surface area contributed by atoms with Gasteiger partial charge in [-0.05, 0) is 110 Å². The molecule has 3 aliphatic rings. The highest BCUT2D eigenvalue weighted by molar-refractivity contribution is 7.20. The van der Waals surface area contributed by atoms with Crippen LogP contribution in [0.2, 0.25) is 0 Å². The normalized spacial score (nSPS) is 13.3. The molecule has 12 rings (SSSR count). The number of hydrogen-bond donors (Lipinski definition) is 0. The summed E-state index contributed by atoms with van der Waals surface area (Å²) in [6, 6.07) is 85.8. The Hall–Kier alpha value is -7.34. The molecule has 3 nitrogen and oxygen atoms in total. The van der Waals surface area contributed by atoms with Crippen LogP contribution in [0, 0.1) is 0 Å². The van der Waals surface area contributed by atoms with Gasteiger partial charge in [0.05, 0.1) is 0 Å². The largest absolute Gasteiger partial charge is 0.311 e. The summed E-state index contributed by atoms with van der Waals surface area (Å²) in [5.74, 6) is 0. The molecule has 0 aliphatic carbocycles. The van der Waals surface area contributed by atoms with Crippen molar-refractivity contribution in [3.05, 3.63) is 231 Å². The van der Waals surface area contributed by atoms with E-state index in [4.69, 9.17) is 0 Å². The second-order valence-electron chi connectivity index (χ2n) is 15.6. The van der Waals surface area contributed by atoms with Crippen LogP contribution in [-0.2, 0) is 0 Å². The zero-order valence-corrected chi connectivity index (χ0v) is 33.4. The Morgan fingerprint density at radius 3 is 0.847 bits per heavy atom. The Bertz CT molecular complexity index is 2780. The summed E-state index contributed by atoms with van der Waals surface area (Å²) in [6.45, 7) is 0.0209. The Balaban J connectivity index is 1.27. The van der Waals surface area contributed by atoms with E-state index in [1.54, 1.807) is 0 Å². The molecular weight excluding hydrogens is 730 g/mol. The Labute approximate surface area is 346 Å². The molecular formula is C54H38BN3Si. The quantitative estimate of drug-likeness (QED) is 0.119. The molecule has 276 valence electrons. The van der Waals surface area contributed by atoms with E-state index < -0.39 is 8.07 Å². The molecule has 0 unspecified atom stereocenters. The number of benzene rings is 9. The third-order valence-electron chi connectivity index (χ3n) is 12.7. The topological polar surface area (TPSA) is 9.72 Å². The van der Waals surface area contributed by atoms with E-state index in [1.807, 2.05) is 0 Å². The van der Waals surface area contributed by atoms with Crippen molar-refractivity contribution in [1.29, 1.82) is 0 Å². The van der Waals surface area contributed by atoms with Crippen LogP contribution in [0.5, 0.6) is 0 Å². The van der Waals surface area contributed by atoms with Gasteiger partial charge >= 0.3 is 0 Å². The predicted molar refractivity (Wildman–Crippen MR) is 252 cm³/mol. The molecule has 0 atom stereocenters. The summed E-state index contributed by atoms with van der Waals surface area (Å²) in [6.07, 6.45) is 0. The number of anilines is 9. The first-order chi connectivity index (χ1) is 29.3. The maximum atomic E-state index is 2.58. The van der Waals surface area contributed by atoms with Gasteiger partial charge in [-0.2, -0.15) is 0 Å². The van der Waals surface area contributed by atoms with Crippen molar-refractivity contribution in [2.24, 2.45) is 0 Å². The number of nitrogens with zero attached hydrogens (tertiary/aromatic N) is 3. The van der Waals surface area contributed by atoms with Gasteiger partial charge in [-0.1, -0.05) is 158 Å². The SMILES string of the molecule is c1ccc(N2c3cccc4c3B3c5c2cccc5N(c2ccccc2)c2cc([Si](c5ccccc5)(c5ccccc5)c5ccccc5)cc(c23)N4c2ccccc2)cc1. The molecule has 0 N–H and O–H groups in total. The third-order valence-corrected chi connectivity index (χ3v) is 17.4. The first-order valence-corrected chi connectivity index (χ1v) is 22.5. The average Bonchev–Trinajstić information content (AvgIpc) is 3.31. The first-order valence-electron chi connectivity index (χ1n) is 20.5. The summed E-state index contributed by atoms with van der Waals surface area (Å²) >= 11 is 0. The molecule has 59 heavy (non-hydrogen) atoms. The van der Waals surface area contributed by atoms with E-state index in [0.717, 1.165) is 17.1 Å². The molecule has 3 aliphatic heterocycles. The average molecular weight is 768 g/mol. The lowest BCUT2D eigenvalue weighted by atomic mass is 9.32. The Kier molecular flexibility index (Phi) is 7.65. The monoisotopic (exact) mass is 767 g/mol. The molecule has 9 aromatic rings. The molecule has 0 saturated carbocycles. The molecule has 0 saturated heterocycles. The number of hydrogen-bond acceptors (Lipinski definition) is 3. The molecule has 0 bridgehead atoms. The smallest absolute Gasteiger partial charge is 0.257 e. The fourth-order valence-corrected chi connectivity index (χ4v) is 15.2. The van der Waals surface area contributed by atoms with Gasteiger partial charge in [-0.25, -0.2) is 0 Å². The van der Waals surface area contributed by atoms with Gasteiger partial charge in [-0.15, -0.1) is 0 Å². The van der Waals surface area contributed by atoms with Crippen LogP contribution in [-0.4, -0.2) is 14.8 Å². The zero-order chi connectivity index (χ0) is 38.9. The van der Waals surface area contributed by atoms with E-state index in [2.05, 4.69) is 245 Å². The summed E-state index contributed by atoms with van der Waals surface area (Å²) in [5.41, 5.74) is 14.8. The predicted octanol–water partition coefficient (Wildman–Crippen LogP) is 8.93. The van der Waals surface area contributed by atoms with Crippen molar-refractivity contribution in [3.8, 4) is 0 Å². The van der Waals surface area contributed by atoms with Gasteiger partial charge in [0.25, 0.3) is 6.71 Å². The third kappa shape index (κ3) is 4.89. The minimum Gasteiger partial charge on any atom is -0.311 e. The summed E-state index contributed by atoms with van der Waals surface area (Å²) < 4.78 is 0. The van der Waals surface area contributed by atoms with Gasteiger partial charge in [0, 0.05) is 51.2 Å². The molecule has 0 amide bonds. The van der Waals surface area contributed by atoms with E-state index in [-0.39, 0.29) is 6.71 Å².